The summed E-state index contributed by atoms with van der Waals surface area (Å²) in [5.41, 5.74) is 5.78. The van der Waals surface area contributed by atoms with Crippen molar-refractivity contribution < 1.29 is 18.3 Å². The Bertz CT molecular complexity index is 696. The molecule has 0 atom stereocenters. The van der Waals surface area contributed by atoms with Crippen molar-refractivity contribution in [2.24, 2.45) is 0 Å². The minimum atomic E-state index is -0.716. The molecule has 0 radical (unpaired) electrons. The van der Waals surface area contributed by atoms with E-state index in [-0.39, 0.29) is 28.5 Å². The maximum Gasteiger partial charge on any atom is 0.167 e. The summed E-state index contributed by atoms with van der Waals surface area (Å²) in [4.78, 5) is 0. The first-order chi connectivity index (χ1) is 9.55. The molecule has 0 aliphatic rings. The van der Waals surface area contributed by atoms with Crippen LogP contribution >= 0.6 is 0 Å². The van der Waals surface area contributed by atoms with Gasteiger partial charge >= 0.3 is 0 Å². The van der Waals surface area contributed by atoms with Gasteiger partial charge in [0.2, 0.25) is 0 Å². The highest BCUT2D eigenvalue weighted by Gasteiger charge is 2.12. The number of ether oxygens (including phenoxy) is 2. The first kappa shape index (κ1) is 13.6. The Hall–Kier alpha value is -2.81. The van der Waals surface area contributed by atoms with Gasteiger partial charge in [-0.15, -0.1) is 0 Å². The molecule has 2 rings (SSSR count). The predicted molar refractivity (Wildman–Crippen MR) is 68.6 cm³/mol. The van der Waals surface area contributed by atoms with Crippen molar-refractivity contribution in [3.05, 3.63) is 47.5 Å². The van der Waals surface area contributed by atoms with Gasteiger partial charge in [-0.3, -0.25) is 0 Å². The van der Waals surface area contributed by atoms with Crippen LogP contribution in [0.4, 0.5) is 14.5 Å². The van der Waals surface area contributed by atoms with Crippen molar-refractivity contribution in [1.82, 2.24) is 0 Å². The summed E-state index contributed by atoms with van der Waals surface area (Å²) in [6.45, 7) is 0. The van der Waals surface area contributed by atoms with Crippen LogP contribution in [0.3, 0.4) is 0 Å². The van der Waals surface area contributed by atoms with Crippen molar-refractivity contribution in [3.63, 3.8) is 0 Å². The number of anilines is 1. The second-order valence-corrected chi connectivity index (χ2v) is 3.88. The van der Waals surface area contributed by atoms with Crippen LogP contribution in [-0.2, 0) is 0 Å². The molecule has 0 aliphatic carbocycles. The predicted octanol–water partition coefficient (Wildman–Crippen LogP) is 3.22. The molecule has 0 unspecified atom stereocenters. The molecule has 0 saturated heterocycles. The summed E-state index contributed by atoms with van der Waals surface area (Å²) in [5, 5.41) is 8.65. The van der Waals surface area contributed by atoms with Crippen LogP contribution in [0.1, 0.15) is 5.56 Å². The Labute approximate surface area is 114 Å². The highest BCUT2D eigenvalue weighted by molar-refractivity contribution is 5.57. The van der Waals surface area contributed by atoms with Gasteiger partial charge in [-0.1, -0.05) is 0 Å². The standard InChI is InChI=1S/C14H10F2N2O2/c1-19-13-6-14(11(18)5-10(13)16)20-12-3-2-8(7-17)4-9(12)15/h2-6H,18H2,1H3. The van der Waals surface area contributed by atoms with Crippen LogP contribution in [0.15, 0.2) is 30.3 Å². The third kappa shape index (κ3) is 2.62. The third-order valence-electron chi connectivity index (χ3n) is 2.57. The quantitative estimate of drug-likeness (QED) is 0.874. The van der Waals surface area contributed by atoms with Crippen LogP contribution in [0.25, 0.3) is 0 Å². The molecule has 0 fully saturated rings. The van der Waals surface area contributed by atoms with E-state index in [2.05, 4.69) is 0 Å². The van der Waals surface area contributed by atoms with Crippen molar-refractivity contribution >= 4 is 5.69 Å². The van der Waals surface area contributed by atoms with E-state index in [1.54, 1.807) is 6.07 Å². The molecule has 20 heavy (non-hydrogen) atoms. The molecule has 0 aromatic heterocycles. The fourth-order valence-corrected chi connectivity index (χ4v) is 1.57. The van der Waals surface area contributed by atoms with E-state index in [4.69, 9.17) is 20.5 Å². The van der Waals surface area contributed by atoms with Gasteiger partial charge < -0.3 is 15.2 Å². The monoisotopic (exact) mass is 276 g/mol. The first-order valence-corrected chi connectivity index (χ1v) is 5.55. The number of methoxy groups -OCH3 is 1. The zero-order chi connectivity index (χ0) is 14.7. The SMILES string of the molecule is COc1cc(Oc2ccc(C#N)cc2F)c(N)cc1F. The zero-order valence-electron chi connectivity index (χ0n) is 10.5. The van der Waals surface area contributed by atoms with Gasteiger partial charge in [-0.05, 0) is 18.2 Å². The van der Waals surface area contributed by atoms with E-state index < -0.39 is 11.6 Å². The molecule has 4 nitrogen and oxygen atoms in total. The molecule has 0 saturated carbocycles. The molecule has 0 aliphatic heterocycles. The second kappa shape index (κ2) is 5.45. The smallest absolute Gasteiger partial charge is 0.167 e. The van der Waals surface area contributed by atoms with Gasteiger partial charge in [-0.25, -0.2) is 8.78 Å². The molecule has 0 spiro atoms. The highest BCUT2D eigenvalue weighted by atomic mass is 19.1. The fraction of sp³-hybridized carbons (Fsp3) is 0.0714. The van der Waals surface area contributed by atoms with E-state index in [0.29, 0.717) is 0 Å². The summed E-state index contributed by atoms with van der Waals surface area (Å²) in [7, 11) is 1.29. The lowest BCUT2D eigenvalue weighted by Crippen LogP contribution is -1.97. The van der Waals surface area contributed by atoms with Crippen molar-refractivity contribution in [1.29, 1.82) is 5.26 Å². The van der Waals surface area contributed by atoms with E-state index in [9.17, 15) is 8.78 Å². The molecule has 2 N–H and O–H groups in total. The topological polar surface area (TPSA) is 68.3 Å². The highest BCUT2D eigenvalue weighted by Crippen LogP contribution is 2.34. The summed E-state index contributed by atoms with van der Waals surface area (Å²) in [6, 6.07) is 7.78. The Morgan fingerprint density at radius 3 is 2.35 bits per heavy atom. The Morgan fingerprint density at radius 1 is 1.05 bits per heavy atom. The van der Waals surface area contributed by atoms with E-state index in [1.807, 2.05) is 0 Å². The summed E-state index contributed by atoms with van der Waals surface area (Å²) >= 11 is 0. The number of nitrogens with two attached hydrogens (primary N) is 1. The molecular formula is C14H10F2N2O2. The molecule has 0 amide bonds. The zero-order valence-corrected chi connectivity index (χ0v) is 10.5. The number of nitrogen functional groups attached to an aromatic ring is 1. The Morgan fingerprint density at radius 2 is 1.75 bits per heavy atom. The first-order valence-electron chi connectivity index (χ1n) is 5.55. The van der Waals surface area contributed by atoms with Crippen LogP contribution in [0.5, 0.6) is 17.2 Å². The van der Waals surface area contributed by atoms with Crippen molar-refractivity contribution in [3.8, 4) is 23.3 Å². The maximum absolute atomic E-state index is 13.7. The number of halogens is 2. The largest absolute Gasteiger partial charge is 0.494 e. The average molecular weight is 276 g/mol. The van der Waals surface area contributed by atoms with Crippen molar-refractivity contribution in [2.75, 3.05) is 12.8 Å². The number of hydrogen-bond acceptors (Lipinski definition) is 4. The maximum atomic E-state index is 13.7. The summed E-state index contributed by atoms with van der Waals surface area (Å²) in [5.74, 6) is -1.48. The Kier molecular flexibility index (Phi) is 3.71. The van der Waals surface area contributed by atoms with E-state index in [1.165, 1.54) is 25.3 Å². The van der Waals surface area contributed by atoms with Gasteiger partial charge in [0.05, 0.1) is 24.4 Å². The van der Waals surface area contributed by atoms with E-state index >= 15 is 0 Å². The third-order valence-corrected chi connectivity index (χ3v) is 2.57. The van der Waals surface area contributed by atoms with Gasteiger partial charge in [0.1, 0.15) is 0 Å². The molecule has 0 heterocycles. The normalized spacial score (nSPS) is 9.90. The minimum Gasteiger partial charge on any atom is -0.494 e. The van der Waals surface area contributed by atoms with Gasteiger partial charge in [-0.2, -0.15) is 5.26 Å². The second-order valence-electron chi connectivity index (χ2n) is 3.88. The van der Waals surface area contributed by atoms with Gasteiger partial charge in [0.25, 0.3) is 0 Å². The fourth-order valence-electron chi connectivity index (χ4n) is 1.57. The Balaban J connectivity index is 2.37. The van der Waals surface area contributed by atoms with E-state index in [0.717, 1.165) is 12.1 Å². The number of hydrogen-bond donors (Lipinski definition) is 1. The molecule has 102 valence electrons. The molecular weight excluding hydrogens is 266 g/mol. The van der Waals surface area contributed by atoms with Crippen LogP contribution in [-0.4, -0.2) is 7.11 Å². The number of nitriles is 1. The number of rotatable bonds is 3. The molecule has 2 aromatic carbocycles. The average Bonchev–Trinajstić information content (AvgIpc) is 2.43. The molecule has 6 heteroatoms. The van der Waals surface area contributed by atoms with Gasteiger partial charge in [0.15, 0.2) is 28.9 Å². The molecule has 2 aromatic rings. The minimum absolute atomic E-state index is 0.00654. The van der Waals surface area contributed by atoms with Crippen LogP contribution in [0, 0.1) is 23.0 Å². The summed E-state index contributed by atoms with van der Waals surface area (Å²) in [6.07, 6.45) is 0. The lowest BCUT2D eigenvalue weighted by atomic mass is 10.2. The summed E-state index contributed by atoms with van der Waals surface area (Å²) < 4.78 is 37.1. The lowest BCUT2D eigenvalue weighted by Gasteiger charge is -2.11. The lowest BCUT2D eigenvalue weighted by molar-refractivity contribution is 0.380. The molecule has 0 bridgehead atoms. The number of nitrogens with zero attached hydrogens (tertiary/aromatic N) is 1. The van der Waals surface area contributed by atoms with Crippen molar-refractivity contribution in [2.45, 2.75) is 0 Å². The van der Waals surface area contributed by atoms with Gasteiger partial charge in [0, 0.05) is 12.1 Å². The van der Waals surface area contributed by atoms with Crippen LogP contribution in [0.2, 0.25) is 0 Å². The number of benzene rings is 2. The van der Waals surface area contributed by atoms with Crippen LogP contribution < -0.4 is 15.2 Å².